The van der Waals surface area contributed by atoms with Crippen LogP contribution in [0, 0.1) is 0 Å². The Morgan fingerprint density at radius 2 is 1.65 bits per heavy atom. The topological polar surface area (TPSA) is 71.5 Å². The van der Waals surface area contributed by atoms with E-state index in [1.807, 2.05) is 53.4 Å². The summed E-state index contributed by atoms with van der Waals surface area (Å²) in [5.41, 5.74) is 3.62. The van der Waals surface area contributed by atoms with Crippen molar-refractivity contribution in [1.82, 2.24) is 9.88 Å². The van der Waals surface area contributed by atoms with Gasteiger partial charge in [0.15, 0.2) is 0 Å². The second-order valence-electron chi connectivity index (χ2n) is 8.78. The quantitative estimate of drug-likeness (QED) is 0.269. The molecule has 0 spiro atoms. The summed E-state index contributed by atoms with van der Waals surface area (Å²) in [4.78, 5) is 33.2. The van der Waals surface area contributed by atoms with Crippen molar-refractivity contribution in [3.8, 4) is 22.1 Å². The molecule has 2 amide bonds. The van der Waals surface area contributed by atoms with Crippen LogP contribution in [0.25, 0.3) is 20.8 Å². The van der Waals surface area contributed by atoms with Gasteiger partial charge in [-0.3, -0.25) is 9.59 Å². The lowest BCUT2D eigenvalue weighted by Crippen LogP contribution is -2.33. The van der Waals surface area contributed by atoms with Gasteiger partial charge in [-0.1, -0.05) is 30.3 Å². The van der Waals surface area contributed by atoms with E-state index in [0.717, 1.165) is 42.8 Å². The average Bonchev–Trinajstić information content (AvgIpc) is 3.49. The fourth-order valence-corrected chi connectivity index (χ4v) is 6.81. The van der Waals surface area contributed by atoms with Crippen LogP contribution < -0.4 is 10.1 Å². The lowest BCUT2D eigenvalue weighted by molar-refractivity contribution is -0.129. The maximum Gasteiger partial charge on any atom is 0.256 e. The van der Waals surface area contributed by atoms with E-state index in [-0.39, 0.29) is 11.8 Å². The molecule has 0 saturated carbocycles. The molecule has 3 aromatic carbocycles. The van der Waals surface area contributed by atoms with E-state index in [2.05, 4.69) is 11.4 Å². The molecule has 1 aliphatic rings. The Labute approximate surface area is 222 Å². The van der Waals surface area contributed by atoms with Crippen LogP contribution in [0.3, 0.4) is 0 Å². The zero-order valence-corrected chi connectivity index (χ0v) is 21.7. The standard InChI is InChI=1S/C29H23N3O3S2/c1-18(33)32-16-15-22-25(17-32)37-29(26(22)28-30-23-9-5-6-10-24(23)36-28)31-27(34)19-11-13-21(14-12-19)35-20-7-3-2-4-8-20/h2-14H,15-17H2,1H3,(H,31,34). The summed E-state index contributed by atoms with van der Waals surface area (Å²) < 4.78 is 6.95. The van der Waals surface area contributed by atoms with Gasteiger partial charge in [0.05, 0.1) is 16.8 Å². The molecule has 0 unspecified atom stereocenters. The highest BCUT2D eigenvalue weighted by Gasteiger charge is 2.28. The molecule has 0 bridgehead atoms. The number of thiazole rings is 1. The molecule has 5 aromatic rings. The maximum absolute atomic E-state index is 13.3. The van der Waals surface area contributed by atoms with E-state index in [4.69, 9.17) is 9.72 Å². The molecule has 37 heavy (non-hydrogen) atoms. The van der Waals surface area contributed by atoms with Crippen molar-refractivity contribution in [2.75, 3.05) is 11.9 Å². The highest BCUT2D eigenvalue weighted by atomic mass is 32.1. The van der Waals surface area contributed by atoms with Gasteiger partial charge in [-0.05, 0) is 60.5 Å². The third-order valence-electron chi connectivity index (χ3n) is 6.33. The first kappa shape index (κ1) is 23.4. The number of carbonyl (C=O) groups is 2. The number of amides is 2. The van der Waals surface area contributed by atoms with Gasteiger partial charge in [0.1, 0.15) is 21.5 Å². The second-order valence-corrected chi connectivity index (χ2v) is 10.9. The number of hydrogen-bond acceptors (Lipinski definition) is 6. The molecular formula is C29H23N3O3S2. The molecule has 8 heteroatoms. The summed E-state index contributed by atoms with van der Waals surface area (Å²) in [6, 6.07) is 24.7. The van der Waals surface area contributed by atoms with Gasteiger partial charge >= 0.3 is 0 Å². The summed E-state index contributed by atoms with van der Waals surface area (Å²) in [6.07, 6.45) is 0.734. The Morgan fingerprint density at radius 1 is 0.919 bits per heavy atom. The van der Waals surface area contributed by atoms with Crippen molar-refractivity contribution < 1.29 is 14.3 Å². The van der Waals surface area contributed by atoms with Crippen molar-refractivity contribution in [1.29, 1.82) is 0 Å². The number of anilines is 1. The lowest BCUT2D eigenvalue weighted by atomic mass is 10.0. The smallest absolute Gasteiger partial charge is 0.256 e. The van der Waals surface area contributed by atoms with Gasteiger partial charge in [-0.25, -0.2) is 4.98 Å². The monoisotopic (exact) mass is 525 g/mol. The molecule has 6 nitrogen and oxygen atoms in total. The van der Waals surface area contributed by atoms with E-state index < -0.39 is 0 Å². The van der Waals surface area contributed by atoms with Crippen molar-refractivity contribution >= 4 is 49.7 Å². The molecular weight excluding hydrogens is 502 g/mol. The van der Waals surface area contributed by atoms with Crippen molar-refractivity contribution in [2.24, 2.45) is 0 Å². The van der Waals surface area contributed by atoms with Crippen LogP contribution in [-0.2, 0) is 17.8 Å². The number of benzene rings is 3. The number of carbonyl (C=O) groups excluding carboxylic acids is 2. The maximum atomic E-state index is 13.3. The predicted molar refractivity (Wildman–Crippen MR) is 149 cm³/mol. The Kier molecular flexibility index (Phi) is 6.20. The summed E-state index contributed by atoms with van der Waals surface area (Å²) in [6.45, 7) is 2.81. The molecule has 0 fully saturated rings. The SMILES string of the molecule is CC(=O)N1CCc2c(sc(NC(=O)c3ccc(Oc4ccccc4)cc3)c2-c2nc3ccccc3s2)C1. The first-order chi connectivity index (χ1) is 18.0. The lowest BCUT2D eigenvalue weighted by Gasteiger charge is -2.26. The summed E-state index contributed by atoms with van der Waals surface area (Å²) >= 11 is 3.15. The normalized spacial score (nSPS) is 12.8. The van der Waals surface area contributed by atoms with Crippen LogP contribution in [0.2, 0.25) is 0 Å². The molecule has 1 aliphatic heterocycles. The molecule has 0 atom stereocenters. The van der Waals surface area contributed by atoms with Gasteiger partial charge in [0.2, 0.25) is 5.91 Å². The zero-order chi connectivity index (χ0) is 25.4. The number of aromatic nitrogens is 1. The van der Waals surface area contributed by atoms with Gasteiger partial charge in [-0.2, -0.15) is 0 Å². The zero-order valence-electron chi connectivity index (χ0n) is 20.1. The number of nitrogens with zero attached hydrogens (tertiary/aromatic N) is 2. The van der Waals surface area contributed by atoms with E-state index in [9.17, 15) is 9.59 Å². The number of fused-ring (bicyclic) bond motifs is 2. The predicted octanol–water partition coefficient (Wildman–Crippen LogP) is 6.97. The minimum Gasteiger partial charge on any atom is -0.457 e. The summed E-state index contributed by atoms with van der Waals surface area (Å²) in [5, 5.41) is 4.80. The van der Waals surface area contributed by atoms with Crippen LogP contribution in [0.4, 0.5) is 5.00 Å². The Bertz CT molecular complexity index is 1570. The van der Waals surface area contributed by atoms with Crippen molar-refractivity contribution in [3.05, 3.63) is 94.9 Å². The first-order valence-corrected chi connectivity index (χ1v) is 13.6. The third kappa shape index (κ3) is 4.73. The van der Waals surface area contributed by atoms with Crippen LogP contribution in [0.1, 0.15) is 27.7 Å². The van der Waals surface area contributed by atoms with Gasteiger partial charge < -0.3 is 15.0 Å². The molecule has 184 valence electrons. The molecule has 0 radical (unpaired) electrons. The minimum atomic E-state index is -0.198. The molecule has 0 aliphatic carbocycles. The average molecular weight is 526 g/mol. The fourth-order valence-electron chi connectivity index (χ4n) is 4.44. The van der Waals surface area contributed by atoms with Gasteiger partial charge in [0, 0.05) is 29.5 Å². The summed E-state index contributed by atoms with van der Waals surface area (Å²) in [7, 11) is 0. The van der Waals surface area contributed by atoms with E-state index in [0.29, 0.717) is 24.4 Å². The molecule has 6 rings (SSSR count). The van der Waals surface area contributed by atoms with Crippen LogP contribution in [0.5, 0.6) is 11.5 Å². The second kappa shape index (κ2) is 9.80. The highest BCUT2D eigenvalue weighted by molar-refractivity contribution is 7.23. The van der Waals surface area contributed by atoms with Gasteiger partial charge in [0.25, 0.3) is 5.91 Å². The molecule has 1 N–H and O–H groups in total. The van der Waals surface area contributed by atoms with E-state index >= 15 is 0 Å². The number of nitrogens with one attached hydrogen (secondary N) is 1. The Hall–Kier alpha value is -4.01. The Morgan fingerprint density at radius 3 is 2.41 bits per heavy atom. The van der Waals surface area contributed by atoms with Crippen LogP contribution in [0.15, 0.2) is 78.9 Å². The van der Waals surface area contributed by atoms with E-state index in [1.165, 1.54) is 16.9 Å². The number of rotatable bonds is 5. The number of thiophene rings is 1. The Balaban J connectivity index is 1.31. The van der Waals surface area contributed by atoms with Crippen molar-refractivity contribution in [2.45, 2.75) is 19.9 Å². The minimum absolute atomic E-state index is 0.0592. The highest BCUT2D eigenvalue weighted by Crippen LogP contribution is 2.45. The largest absolute Gasteiger partial charge is 0.457 e. The van der Waals surface area contributed by atoms with E-state index in [1.54, 1.807) is 42.5 Å². The molecule has 2 aromatic heterocycles. The summed E-state index contributed by atoms with van der Waals surface area (Å²) in [5.74, 6) is 1.26. The molecule has 3 heterocycles. The number of para-hydroxylation sites is 2. The molecule has 0 saturated heterocycles. The van der Waals surface area contributed by atoms with Crippen LogP contribution in [-0.4, -0.2) is 28.2 Å². The first-order valence-electron chi connectivity index (χ1n) is 12.0. The fraction of sp³-hybridized carbons (Fsp3) is 0.138. The number of hydrogen-bond donors (Lipinski definition) is 1. The van der Waals surface area contributed by atoms with Gasteiger partial charge in [-0.15, -0.1) is 22.7 Å². The third-order valence-corrected chi connectivity index (χ3v) is 8.52. The number of ether oxygens (including phenoxy) is 1. The van der Waals surface area contributed by atoms with Crippen molar-refractivity contribution in [3.63, 3.8) is 0 Å². The van der Waals surface area contributed by atoms with Crippen LogP contribution >= 0.6 is 22.7 Å².